The molecule has 0 heterocycles. The van der Waals surface area contributed by atoms with Crippen LogP contribution in [0.25, 0.3) is 0 Å². The van der Waals surface area contributed by atoms with Crippen molar-refractivity contribution in [2.45, 2.75) is 11.5 Å². The van der Waals surface area contributed by atoms with Gasteiger partial charge in [0.05, 0.1) is 0 Å². The monoisotopic (exact) mass is 349 g/mol. The third kappa shape index (κ3) is 3.42. The summed E-state index contributed by atoms with van der Waals surface area (Å²) in [6.45, 7) is 0. The Labute approximate surface area is 143 Å². The molecule has 0 aliphatic heterocycles. The van der Waals surface area contributed by atoms with Gasteiger partial charge in [-0.3, -0.25) is 4.79 Å². The van der Waals surface area contributed by atoms with Crippen LogP contribution >= 0.6 is 0 Å². The molecule has 132 valence electrons. The van der Waals surface area contributed by atoms with Crippen LogP contribution in [0, 0.1) is 0 Å². The third-order valence-corrected chi connectivity index (χ3v) is 3.53. The molecule has 0 saturated carbocycles. The molecular weight excluding hydrogens is 332 g/mol. The minimum absolute atomic E-state index is 0.334. The number of hydrogen-bond acceptors (Lipinski definition) is 5. The normalized spacial score (nSPS) is 14.0. The lowest BCUT2D eigenvalue weighted by atomic mass is 9.83. The summed E-state index contributed by atoms with van der Waals surface area (Å²) in [6, 6.07) is 13.2. The number of alkyl halides is 2. The fourth-order valence-corrected chi connectivity index (χ4v) is 2.27. The first-order chi connectivity index (χ1) is 11.7. The van der Waals surface area contributed by atoms with Gasteiger partial charge in [-0.25, -0.2) is 4.79 Å². The SMILES string of the molecule is CN(C)OC(=O)C(O)(c1ccccc1)C(F)(F)C(=O)c1ccccc1. The van der Waals surface area contributed by atoms with E-state index in [9.17, 15) is 14.7 Å². The van der Waals surface area contributed by atoms with E-state index in [1.54, 1.807) is 6.07 Å². The van der Waals surface area contributed by atoms with Crippen molar-refractivity contribution < 1.29 is 28.3 Å². The van der Waals surface area contributed by atoms with E-state index in [1.807, 2.05) is 0 Å². The average Bonchev–Trinajstić information content (AvgIpc) is 2.61. The van der Waals surface area contributed by atoms with Crippen molar-refractivity contribution in [1.82, 2.24) is 5.06 Å². The van der Waals surface area contributed by atoms with E-state index in [4.69, 9.17) is 0 Å². The minimum Gasteiger partial charge on any atom is -0.369 e. The molecule has 0 aliphatic rings. The molecule has 1 atom stereocenters. The van der Waals surface area contributed by atoms with Gasteiger partial charge in [-0.1, -0.05) is 60.7 Å². The van der Waals surface area contributed by atoms with Crippen molar-refractivity contribution in [3.63, 3.8) is 0 Å². The first-order valence-corrected chi connectivity index (χ1v) is 7.36. The van der Waals surface area contributed by atoms with E-state index in [0.29, 0.717) is 0 Å². The second-order valence-corrected chi connectivity index (χ2v) is 5.54. The van der Waals surface area contributed by atoms with Crippen LogP contribution in [0.2, 0.25) is 0 Å². The molecule has 0 aromatic heterocycles. The molecule has 1 unspecified atom stereocenters. The molecule has 0 bridgehead atoms. The molecule has 0 amide bonds. The number of hydroxylamine groups is 2. The number of aliphatic hydroxyl groups is 1. The summed E-state index contributed by atoms with van der Waals surface area (Å²) in [5.74, 6) is -7.80. The van der Waals surface area contributed by atoms with Gasteiger partial charge >= 0.3 is 11.9 Å². The topological polar surface area (TPSA) is 66.8 Å². The summed E-state index contributed by atoms with van der Waals surface area (Å²) in [4.78, 5) is 29.3. The van der Waals surface area contributed by atoms with Gasteiger partial charge in [-0.2, -0.15) is 8.78 Å². The van der Waals surface area contributed by atoms with Crippen LogP contribution < -0.4 is 0 Å². The van der Waals surface area contributed by atoms with Crippen LogP contribution in [-0.4, -0.2) is 41.9 Å². The molecule has 2 aromatic rings. The number of ketones is 1. The summed E-state index contributed by atoms with van der Waals surface area (Å²) in [5.41, 5.74) is -4.26. The number of hydrogen-bond donors (Lipinski definition) is 1. The Hall–Kier alpha value is -2.64. The van der Waals surface area contributed by atoms with Gasteiger partial charge in [-0.15, -0.1) is 5.06 Å². The largest absolute Gasteiger partial charge is 0.369 e. The van der Waals surface area contributed by atoms with Gasteiger partial charge in [0.2, 0.25) is 5.78 Å². The highest BCUT2D eigenvalue weighted by Crippen LogP contribution is 2.41. The highest BCUT2D eigenvalue weighted by Gasteiger charge is 2.65. The molecule has 1 N–H and O–H groups in total. The van der Waals surface area contributed by atoms with Gasteiger partial charge in [0.1, 0.15) is 0 Å². The molecule has 7 heteroatoms. The number of Topliss-reactive ketones (excluding diaryl/α,β-unsaturated/α-hetero) is 1. The highest BCUT2D eigenvalue weighted by atomic mass is 19.3. The average molecular weight is 349 g/mol. The molecule has 25 heavy (non-hydrogen) atoms. The Balaban J connectivity index is 2.58. The second-order valence-electron chi connectivity index (χ2n) is 5.54. The molecule has 0 aliphatic carbocycles. The Kier molecular flexibility index (Phi) is 5.30. The zero-order valence-electron chi connectivity index (χ0n) is 13.6. The Morgan fingerprint density at radius 3 is 1.92 bits per heavy atom. The standard InChI is InChI=1S/C18H17F2NO4/c1-21(2)25-16(23)17(24,14-11-7-4-8-12-14)18(19,20)15(22)13-9-5-3-6-10-13/h3-12,24H,1-2H3. The summed E-state index contributed by atoms with van der Waals surface area (Å²) < 4.78 is 30.0. The number of nitrogens with zero attached hydrogens (tertiary/aromatic N) is 1. The maximum Gasteiger partial charge on any atom is 0.368 e. The molecule has 5 nitrogen and oxygen atoms in total. The number of rotatable bonds is 6. The number of carbonyl (C=O) groups is 2. The molecule has 0 saturated heterocycles. The summed E-state index contributed by atoms with van der Waals surface area (Å²) in [6.07, 6.45) is 0. The van der Waals surface area contributed by atoms with E-state index < -0.39 is 28.8 Å². The third-order valence-electron chi connectivity index (χ3n) is 3.53. The molecule has 0 fully saturated rings. The van der Waals surface area contributed by atoms with Gasteiger partial charge in [0.25, 0.3) is 5.60 Å². The van der Waals surface area contributed by atoms with Crippen LogP contribution in [-0.2, 0) is 15.2 Å². The lowest BCUT2D eigenvalue weighted by molar-refractivity contribution is -0.228. The van der Waals surface area contributed by atoms with E-state index in [-0.39, 0.29) is 5.56 Å². The van der Waals surface area contributed by atoms with Crippen molar-refractivity contribution in [2.75, 3.05) is 14.1 Å². The number of benzene rings is 2. The second kappa shape index (κ2) is 7.08. The van der Waals surface area contributed by atoms with Gasteiger partial charge in [-0.05, 0) is 0 Å². The van der Waals surface area contributed by atoms with E-state index >= 15 is 8.78 Å². The van der Waals surface area contributed by atoms with Crippen LogP contribution in [0.4, 0.5) is 8.78 Å². The lowest BCUT2D eigenvalue weighted by Gasteiger charge is -2.33. The smallest absolute Gasteiger partial charge is 0.368 e. The van der Waals surface area contributed by atoms with E-state index in [2.05, 4.69) is 4.84 Å². The van der Waals surface area contributed by atoms with Crippen molar-refractivity contribution in [1.29, 1.82) is 0 Å². The van der Waals surface area contributed by atoms with Crippen molar-refractivity contribution in [2.24, 2.45) is 0 Å². The van der Waals surface area contributed by atoms with Crippen molar-refractivity contribution >= 4 is 11.8 Å². The zero-order valence-corrected chi connectivity index (χ0v) is 13.6. The highest BCUT2D eigenvalue weighted by molar-refractivity contribution is 6.05. The van der Waals surface area contributed by atoms with Gasteiger partial charge in [0.15, 0.2) is 0 Å². The van der Waals surface area contributed by atoms with E-state index in [1.165, 1.54) is 56.6 Å². The summed E-state index contributed by atoms with van der Waals surface area (Å²) >= 11 is 0. The Bertz CT molecular complexity index is 750. The van der Waals surface area contributed by atoms with Crippen molar-refractivity contribution in [3.8, 4) is 0 Å². The van der Waals surface area contributed by atoms with Gasteiger partial charge in [0, 0.05) is 25.2 Å². The van der Waals surface area contributed by atoms with Crippen LogP contribution in [0.1, 0.15) is 15.9 Å². The number of halogens is 2. The fraction of sp³-hybridized carbons (Fsp3) is 0.222. The molecule has 0 radical (unpaired) electrons. The summed E-state index contributed by atoms with van der Waals surface area (Å²) in [5, 5.41) is 11.5. The quantitative estimate of drug-likeness (QED) is 0.641. The number of carbonyl (C=O) groups excluding carboxylic acids is 2. The molecule has 0 spiro atoms. The fourth-order valence-electron chi connectivity index (χ4n) is 2.27. The van der Waals surface area contributed by atoms with E-state index in [0.717, 1.165) is 17.2 Å². The minimum atomic E-state index is -4.46. The zero-order chi connectivity index (χ0) is 18.7. The lowest BCUT2D eigenvalue weighted by Crippen LogP contribution is -2.57. The predicted octanol–water partition coefficient (Wildman–Crippen LogP) is 2.41. The van der Waals surface area contributed by atoms with Crippen LogP contribution in [0.15, 0.2) is 60.7 Å². The first kappa shape index (κ1) is 18.7. The van der Waals surface area contributed by atoms with Gasteiger partial charge < -0.3 is 9.94 Å². The molecule has 2 rings (SSSR count). The van der Waals surface area contributed by atoms with Crippen LogP contribution in [0.3, 0.4) is 0 Å². The predicted molar refractivity (Wildman–Crippen MR) is 85.8 cm³/mol. The summed E-state index contributed by atoms with van der Waals surface area (Å²) in [7, 11) is 2.58. The first-order valence-electron chi connectivity index (χ1n) is 7.36. The molecular formula is C18H17F2NO4. The van der Waals surface area contributed by atoms with Crippen LogP contribution in [0.5, 0.6) is 0 Å². The maximum absolute atomic E-state index is 15.0. The Morgan fingerprint density at radius 2 is 1.44 bits per heavy atom. The van der Waals surface area contributed by atoms with Crippen molar-refractivity contribution in [3.05, 3.63) is 71.8 Å². The molecule has 2 aromatic carbocycles. The Morgan fingerprint density at radius 1 is 0.960 bits per heavy atom. The maximum atomic E-state index is 15.0.